The van der Waals surface area contributed by atoms with Crippen LogP contribution in [-0.4, -0.2) is 38.5 Å². The quantitative estimate of drug-likeness (QED) is 0.389. The maximum atomic E-state index is 12.7. The van der Waals surface area contributed by atoms with Gasteiger partial charge in [0.25, 0.3) is 5.69 Å². The molecule has 1 aliphatic carbocycles. The summed E-state index contributed by atoms with van der Waals surface area (Å²) in [4.78, 5) is 22.3. The summed E-state index contributed by atoms with van der Waals surface area (Å²) in [6.45, 7) is 3.41. The third-order valence-corrected chi connectivity index (χ3v) is 6.09. The second kappa shape index (κ2) is 9.45. The number of nitro benzene ring substituents is 1. The Bertz CT molecular complexity index is 815. The Balaban J connectivity index is 0.00000364. The van der Waals surface area contributed by atoms with Crippen LogP contribution in [0.1, 0.15) is 42.1 Å². The zero-order chi connectivity index (χ0) is 19.5. The van der Waals surface area contributed by atoms with Crippen LogP contribution in [0.15, 0.2) is 17.0 Å². The van der Waals surface area contributed by atoms with Crippen molar-refractivity contribution in [3.8, 4) is 0 Å². The molecule has 0 radical (unpaired) electrons. The van der Waals surface area contributed by atoms with Gasteiger partial charge in [0.15, 0.2) is 0 Å². The van der Waals surface area contributed by atoms with Gasteiger partial charge in [0.2, 0.25) is 10.0 Å². The van der Waals surface area contributed by atoms with E-state index >= 15 is 0 Å². The lowest BCUT2D eigenvalue weighted by Gasteiger charge is -2.19. The number of nitrogens with two attached hydrogens (primary N) is 1. The molecule has 1 aromatic carbocycles. The fraction of sp³-hybridized carbons (Fsp3) is 0.562. The number of halogens is 1. The van der Waals surface area contributed by atoms with Crippen LogP contribution in [0.25, 0.3) is 0 Å². The summed E-state index contributed by atoms with van der Waals surface area (Å²) in [7, 11) is -4.05. The van der Waals surface area contributed by atoms with Gasteiger partial charge in [0, 0.05) is 17.7 Å². The highest BCUT2D eigenvalue weighted by Gasteiger charge is 2.32. The summed E-state index contributed by atoms with van der Waals surface area (Å²) in [6, 6.07) is 1.76. The van der Waals surface area contributed by atoms with E-state index in [4.69, 9.17) is 10.5 Å². The maximum absolute atomic E-state index is 12.7. The van der Waals surface area contributed by atoms with Gasteiger partial charge in [-0.3, -0.25) is 10.1 Å². The molecule has 152 valence electrons. The van der Waals surface area contributed by atoms with Crippen LogP contribution in [0.5, 0.6) is 0 Å². The Morgan fingerprint density at radius 1 is 1.41 bits per heavy atom. The van der Waals surface area contributed by atoms with Gasteiger partial charge in [-0.15, -0.1) is 12.4 Å². The van der Waals surface area contributed by atoms with Gasteiger partial charge in [0.05, 0.1) is 22.0 Å². The normalized spacial score (nSPS) is 19.4. The molecule has 0 bridgehead atoms. The average Bonchev–Trinajstić information content (AvgIpc) is 3.01. The molecule has 1 aromatic rings. The third kappa shape index (κ3) is 5.16. The summed E-state index contributed by atoms with van der Waals surface area (Å²) in [5.74, 6) is -0.777. The number of nitrogens with zero attached hydrogens (tertiary/aromatic N) is 1. The Hall–Kier alpha value is -1.75. The van der Waals surface area contributed by atoms with Crippen LogP contribution in [0.4, 0.5) is 5.69 Å². The first-order valence-electron chi connectivity index (χ1n) is 8.39. The molecule has 2 unspecified atom stereocenters. The third-order valence-electron chi connectivity index (χ3n) is 4.62. The summed E-state index contributed by atoms with van der Waals surface area (Å²) in [5.41, 5.74) is 5.16. The van der Waals surface area contributed by atoms with Crippen molar-refractivity contribution < 1.29 is 22.9 Å². The molecule has 2 atom stereocenters. The van der Waals surface area contributed by atoms with Crippen LogP contribution < -0.4 is 10.5 Å². The predicted octanol–water partition coefficient (Wildman–Crippen LogP) is 1.91. The van der Waals surface area contributed by atoms with E-state index in [1.165, 1.54) is 6.92 Å². The molecule has 1 aliphatic rings. The van der Waals surface area contributed by atoms with Crippen molar-refractivity contribution in [1.82, 2.24) is 4.72 Å². The smallest absolute Gasteiger partial charge is 0.338 e. The van der Waals surface area contributed by atoms with Crippen molar-refractivity contribution in [2.75, 3.05) is 13.2 Å². The molecule has 3 N–H and O–H groups in total. The van der Waals surface area contributed by atoms with Gasteiger partial charge in [-0.2, -0.15) is 0 Å². The SMILES string of the molecule is CCOC(=O)c1cc(S(=O)(=O)NC2CCCC2CN)cc([N+](=O)[O-])c1C.Cl. The first kappa shape index (κ1) is 23.3. The van der Waals surface area contributed by atoms with E-state index in [9.17, 15) is 23.3 Å². The highest BCUT2D eigenvalue weighted by molar-refractivity contribution is 7.89. The van der Waals surface area contributed by atoms with Crippen molar-refractivity contribution >= 4 is 34.1 Å². The predicted molar refractivity (Wildman–Crippen MR) is 102 cm³/mol. The zero-order valence-corrected chi connectivity index (χ0v) is 16.8. The van der Waals surface area contributed by atoms with Gasteiger partial charge in [-0.1, -0.05) is 6.42 Å². The van der Waals surface area contributed by atoms with E-state index in [0.29, 0.717) is 13.0 Å². The Morgan fingerprint density at radius 2 is 2.07 bits per heavy atom. The number of nitrogens with one attached hydrogen (secondary N) is 1. The monoisotopic (exact) mass is 421 g/mol. The summed E-state index contributed by atoms with van der Waals surface area (Å²) < 4.78 is 32.9. The number of hydrogen-bond donors (Lipinski definition) is 2. The van der Waals surface area contributed by atoms with E-state index < -0.39 is 26.6 Å². The van der Waals surface area contributed by atoms with Crippen molar-refractivity contribution in [3.63, 3.8) is 0 Å². The molecule has 2 rings (SSSR count). The Morgan fingerprint density at radius 3 is 2.63 bits per heavy atom. The molecule has 0 heterocycles. The highest BCUT2D eigenvalue weighted by atomic mass is 35.5. The standard InChI is InChI=1S/C16H23N3O6S.ClH/c1-3-25-16(20)13-7-12(8-15(10(13)2)19(21)22)26(23,24)18-14-6-4-5-11(14)9-17;/h7-8,11,14,18H,3-6,9,17H2,1-2H3;1H. The number of benzene rings is 1. The van der Waals surface area contributed by atoms with Gasteiger partial charge in [-0.25, -0.2) is 17.9 Å². The lowest BCUT2D eigenvalue weighted by atomic mass is 10.1. The number of carbonyl (C=O) groups excluding carboxylic acids is 1. The molecule has 0 saturated heterocycles. The number of hydrogen-bond acceptors (Lipinski definition) is 7. The fourth-order valence-corrected chi connectivity index (χ4v) is 4.56. The number of esters is 1. The van der Waals surface area contributed by atoms with Crippen LogP contribution in [0.3, 0.4) is 0 Å². The molecule has 9 nitrogen and oxygen atoms in total. The van der Waals surface area contributed by atoms with Crippen molar-refractivity contribution in [2.45, 2.75) is 44.0 Å². The molecule has 1 saturated carbocycles. The van der Waals surface area contributed by atoms with E-state index in [-0.39, 0.29) is 47.0 Å². The van der Waals surface area contributed by atoms with Crippen molar-refractivity contribution in [2.24, 2.45) is 11.7 Å². The minimum atomic E-state index is -4.05. The zero-order valence-electron chi connectivity index (χ0n) is 15.1. The first-order valence-corrected chi connectivity index (χ1v) is 9.88. The second-order valence-electron chi connectivity index (χ2n) is 6.25. The largest absolute Gasteiger partial charge is 0.462 e. The molecule has 0 spiro atoms. The Kier molecular flexibility index (Phi) is 8.15. The van der Waals surface area contributed by atoms with Crippen molar-refractivity contribution in [3.05, 3.63) is 33.4 Å². The van der Waals surface area contributed by atoms with Gasteiger partial charge < -0.3 is 10.5 Å². The summed E-state index contributed by atoms with van der Waals surface area (Å²) >= 11 is 0. The number of sulfonamides is 1. The second-order valence-corrected chi connectivity index (χ2v) is 7.96. The van der Waals surface area contributed by atoms with Gasteiger partial charge in [-0.05, 0) is 45.2 Å². The van der Waals surface area contributed by atoms with Crippen LogP contribution in [0, 0.1) is 23.0 Å². The number of rotatable bonds is 7. The lowest BCUT2D eigenvalue weighted by Crippen LogP contribution is -2.39. The topological polar surface area (TPSA) is 142 Å². The van der Waals surface area contributed by atoms with Crippen LogP contribution in [0.2, 0.25) is 0 Å². The van der Waals surface area contributed by atoms with Crippen LogP contribution >= 0.6 is 12.4 Å². The number of nitro groups is 1. The van der Waals surface area contributed by atoms with E-state index in [1.807, 2.05) is 0 Å². The van der Waals surface area contributed by atoms with Crippen molar-refractivity contribution in [1.29, 1.82) is 0 Å². The minimum absolute atomic E-state index is 0. The van der Waals surface area contributed by atoms with Gasteiger partial charge >= 0.3 is 5.97 Å². The van der Waals surface area contributed by atoms with Crippen LogP contribution in [-0.2, 0) is 14.8 Å². The maximum Gasteiger partial charge on any atom is 0.338 e. The Labute approximate surface area is 164 Å². The fourth-order valence-electron chi connectivity index (χ4n) is 3.18. The molecule has 11 heteroatoms. The van der Waals surface area contributed by atoms with E-state index in [2.05, 4.69) is 4.72 Å². The molecule has 27 heavy (non-hydrogen) atoms. The summed E-state index contributed by atoms with van der Waals surface area (Å²) in [5, 5.41) is 11.3. The molecule has 0 amide bonds. The van der Waals surface area contributed by atoms with E-state index in [0.717, 1.165) is 25.0 Å². The highest BCUT2D eigenvalue weighted by Crippen LogP contribution is 2.29. The lowest BCUT2D eigenvalue weighted by molar-refractivity contribution is -0.385. The summed E-state index contributed by atoms with van der Waals surface area (Å²) in [6.07, 6.45) is 2.34. The molecular weight excluding hydrogens is 398 g/mol. The number of carbonyl (C=O) groups is 1. The molecular formula is C16H24ClN3O6S. The molecule has 0 aromatic heterocycles. The average molecular weight is 422 g/mol. The number of ether oxygens (including phenoxy) is 1. The van der Waals surface area contributed by atoms with Gasteiger partial charge in [0.1, 0.15) is 0 Å². The molecule has 0 aliphatic heterocycles. The minimum Gasteiger partial charge on any atom is -0.462 e. The molecule has 1 fully saturated rings. The van der Waals surface area contributed by atoms with E-state index in [1.54, 1.807) is 6.92 Å². The first-order chi connectivity index (χ1) is 12.2.